The molecule has 1 atom stereocenters. The Bertz CT molecular complexity index is 1550. The highest BCUT2D eigenvalue weighted by Crippen LogP contribution is 2.42. The number of carbonyl (C=O) groups is 1. The number of carbonyl (C=O) groups excluding carboxylic acids is 1. The molecule has 1 unspecified atom stereocenters. The first-order chi connectivity index (χ1) is 18.9. The van der Waals surface area contributed by atoms with Gasteiger partial charge in [-0.25, -0.2) is 4.98 Å². The van der Waals surface area contributed by atoms with Crippen LogP contribution in [0.3, 0.4) is 0 Å². The second-order valence-corrected chi connectivity index (χ2v) is 9.97. The van der Waals surface area contributed by atoms with E-state index in [1.165, 1.54) is 0 Å². The van der Waals surface area contributed by atoms with Gasteiger partial charge in [-0.2, -0.15) is 0 Å². The Morgan fingerprint density at radius 1 is 1.00 bits per heavy atom. The Kier molecular flexibility index (Phi) is 7.59. The van der Waals surface area contributed by atoms with E-state index >= 15 is 0 Å². The SMILES string of the molecule is CCCCOc1ccc(C2C(C(=O)Nc3ccc(C)cc3C)=C(C)Nc3nc4ccccc4n32)cc1OCC. The van der Waals surface area contributed by atoms with Crippen LogP contribution < -0.4 is 20.1 Å². The van der Waals surface area contributed by atoms with Crippen LogP contribution in [0.4, 0.5) is 11.6 Å². The van der Waals surface area contributed by atoms with Crippen LogP contribution in [0.15, 0.2) is 71.9 Å². The molecule has 0 fully saturated rings. The average Bonchev–Trinajstić information content (AvgIpc) is 3.28. The minimum absolute atomic E-state index is 0.165. The van der Waals surface area contributed by atoms with Gasteiger partial charge in [-0.1, -0.05) is 49.2 Å². The summed E-state index contributed by atoms with van der Waals surface area (Å²) in [6.07, 6.45) is 2.02. The first-order valence-corrected chi connectivity index (χ1v) is 13.6. The second kappa shape index (κ2) is 11.2. The van der Waals surface area contributed by atoms with Crippen molar-refractivity contribution in [3.63, 3.8) is 0 Å². The van der Waals surface area contributed by atoms with Gasteiger partial charge in [0.1, 0.15) is 0 Å². The number of ether oxygens (including phenoxy) is 2. The summed E-state index contributed by atoms with van der Waals surface area (Å²) in [6, 6.07) is 19.6. The molecule has 202 valence electrons. The van der Waals surface area contributed by atoms with Crippen molar-refractivity contribution in [1.82, 2.24) is 9.55 Å². The van der Waals surface area contributed by atoms with Crippen molar-refractivity contribution in [2.24, 2.45) is 0 Å². The fraction of sp³-hybridized carbons (Fsp3) is 0.312. The van der Waals surface area contributed by atoms with Crippen LogP contribution in [-0.4, -0.2) is 28.7 Å². The lowest BCUT2D eigenvalue weighted by Crippen LogP contribution is -2.31. The normalized spacial score (nSPS) is 14.6. The molecular formula is C32H36N4O3. The van der Waals surface area contributed by atoms with Gasteiger partial charge in [0.15, 0.2) is 11.5 Å². The van der Waals surface area contributed by atoms with Crippen LogP contribution in [-0.2, 0) is 4.79 Å². The van der Waals surface area contributed by atoms with Gasteiger partial charge in [0.25, 0.3) is 5.91 Å². The van der Waals surface area contributed by atoms with Gasteiger partial charge in [0.05, 0.1) is 35.9 Å². The number of unbranched alkanes of at least 4 members (excludes halogenated alkanes) is 1. The number of imidazole rings is 1. The topological polar surface area (TPSA) is 77.4 Å². The summed E-state index contributed by atoms with van der Waals surface area (Å²) in [5.41, 5.74) is 7.05. The smallest absolute Gasteiger partial charge is 0.255 e. The van der Waals surface area contributed by atoms with E-state index in [4.69, 9.17) is 14.5 Å². The highest BCUT2D eigenvalue weighted by atomic mass is 16.5. The summed E-state index contributed by atoms with van der Waals surface area (Å²) >= 11 is 0. The van der Waals surface area contributed by atoms with Gasteiger partial charge in [0, 0.05) is 11.4 Å². The molecule has 2 heterocycles. The van der Waals surface area contributed by atoms with E-state index < -0.39 is 6.04 Å². The summed E-state index contributed by atoms with van der Waals surface area (Å²) in [5, 5.41) is 6.56. The zero-order valence-corrected chi connectivity index (χ0v) is 23.3. The van der Waals surface area contributed by atoms with Crippen LogP contribution in [0, 0.1) is 13.8 Å². The number of rotatable bonds is 9. The quantitative estimate of drug-likeness (QED) is 0.227. The summed E-state index contributed by atoms with van der Waals surface area (Å²) < 4.78 is 14.2. The lowest BCUT2D eigenvalue weighted by atomic mass is 9.93. The number of para-hydroxylation sites is 2. The largest absolute Gasteiger partial charge is 0.490 e. The number of nitrogens with one attached hydrogen (secondary N) is 2. The molecule has 0 aliphatic carbocycles. The van der Waals surface area contributed by atoms with Crippen LogP contribution in [0.1, 0.15) is 56.3 Å². The second-order valence-electron chi connectivity index (χ2n) is 9.97. The Morgan fingerprint density at radius 2 is 1.82 bits per heavy atom. The number of nitrogens with zero attached hydrogens (tertiary/aromatic N) is 2. The van der Waals surface area contributed by atoms with Crippen LogP contribution in [0.5, 0.6) is 11.5 Å². The Balaban J connectivity index is 1.63. The number of anilines is 2. The van der Waals surface area contributed by atoms with Gasteiger partial charge < -0.3 is 20.1 Å². The van der Waals surface area contributed by atoms with Gasteiger partial charge >= 0.3 is 0 Å². The van der Waals surface area contributed by atoms with Crippen LogP contribution in [0.25, 0.3) is 11.0 Å². The minimum Gasteiger partial charge on any atom is -0.490 e. The molecule has 0 saturated carbocycles. The van der Waals surface area contributed by atoms with E-state index in [2.05, 4.69) is 28.2 Å². The highest BCUT2D eigenvalue weighted by Gasteiger charge is 2.34. The molecule has 1 amide bonds. The third kappa shape index (κ3) is 5.21. The predicted molar refractivity (Wildman–Crippen MR) is 157 cm³/mol. The summed E-state index contributed by atoms with van der Waals surface area (Å²) in [6.45, 7) is 11.2. The Hall–Kier alpha value is -4.26. The van der Waals surface area contributed by atoms with Gasteiger partial charge in [0.2, 0.25) is 5.95 Å². The lowest BCUT2D eigenvalue weighted by molar-refractivity contribution is -0.113. The van der Waals surface area contributed by atoms with E-state index in [1.807, 2.05) is 82.3 Å². The van der Waals surface area contributed by atoms with Crippen molar-refractivity contribution >= 4 is 28.6 Å². The van der Waals surface area contributed by atoms with E-state index in [-0.39, 0.29) is 5.91 Å². The van der Waals surface area contributed by atoms with Crippen molar-refractivity contribution < 1.29 is 14.3 Å². The van der Waals surface area contributed by atoms with Crippen LogP contribution in [0.2, 0.25) is 0 Å². The van der Waals surface area contributed by atoms with Crippen molar-refractivity contribution in [2.75, 3.05) is 23.8 Å². The highest BCUT2D eigenvalue weighted by molar-refractivity contribution is 6.06. The number of aromatic nitrogens is 2. The lowest BCUT2D eigenvalue weighted by Gasteiger charge is -2.31. The molecule has 39 heavy (non-hydrogen) atoms. The molecule has 7 heteroatoms. The molecule has 7 nitrogen and oxygen atoms in total. The van der Waals surface area contributed by atoms with E-state index in [1.54, 1.807) is 0 Å². The monoisotopic (exact) mass is 524 g/mol. The molecule has 4 aromatic rings. The minimum atomic E-state index is -0.427. The number of hydrogen-bond donors (Lipinski definition) is 2. The zero-order valence-electron chi connectivity index (χ0n) is 23.3. The molecule has 0 saturated heterocycles. The molecule has 1 aliphatic heterocycles. The molecular weight excluding hydrogens is 488 g/mol. The summed E-state index contributed by atoms with van der Waals surface area (Å²) in [7, 11) is 0. The molecule has 0 spiro atoms. The standard InChI is InChI=1S/C32H36N4O3/c1-6-8-17-39-27-16-14-23(19-28(27)38-7-2)30-29(31(37)34-24-15-13-20(3)18-21(24)4)22(5)33-32-35-25-11-9-10-12-26(25)36(30)32/h9-16,18-19,30H,6-8,17H2,1-5H3,(H,33,35)(H,34,37). The molecule has 5 rings (SSSR count). The Morgan fingerprint density at radius 3 is 2.59 bits per heavy atom. The van der Waals surface area contributed by atoms with Crippen molar-refractivity contribution in [3.8, 4) is 11.5 Å². The van der Waals surface area contributed by atoms with Gasteiger partial charge in [-0.15, -0.1) is 0 Å². The summed E-state index contributed by atoms with van der Waals surface area (Å²) in [5.74, 6) is 1.91. The number of amides is 1. The van der Waals surface area contributed by atoms with Gasteiger partial charge in [-0.05, 0) is 75.6 Å². The maximum Gasteiger partial charge on any atom is 0.255 e. The van der Waals surface area contributed by atoms with Gasteiger partial charge in [-0.3, -0.25) is 9.36 Å². The first kappa shape index (κ1) is 26.4. The number of allylic oxidation sites excluding steroid dienone is 1. The van der Waals surface area contributed by atoms with Crippen molar-refractivity contribution in [3.05, 3.63) is 88.6 Å². The average molecular weight is 525 g/mol. The molecule has 0 radical (unpaired) electrons. The Labute approximate surface area is 229 Å². The third-order valence-corrected chi connectivity index (χ3v) is 7.04. The predicted octanol–water partition coefficient (Wildman–Crippen LogP) is 7.16. The number of benzene rings is 3. The number of fused-ring (bicyclic) bond motifs is 3. The third-order valence-electron chi connectivity index (χ3n) is 7.04. The van der Waals surface area contributed by atoms with Crippen molar-refractivity contribution in [1.29, 1.82) is 0 Å². The molecule has 1 aromatic heterocycles. The molecule has 1 aliphatic rings. The van der Waals surface area contributed by atoms with E-state index in [0.717, 1.165) is 51.9 Å². The number of hydrogen-bond acceptors (Lipinski definition) is 5. The van der Waals surface area contributed by atoms with Crippen LogP contribution >= 0.6 is 0 Å². The zero-order chi connectivity index (χ0) is 27.5. The maximum absolute atomic E-state index is 14.0. The van der Waals surface area contributed by atoms with E-state index in [9.17, 15) is 4.79 Å². The fourth-order valence-electron chi connectivity index (χ4n) is 5.13. The molecule has 3 aromatic carbocycles. The maximum atomic E-state index is 14.0. The van der Waals surface area contributed by atoms with E-state index in [0.29, 0.717) is 36.2 Å². The number of aryl methyl sites for hydroxylation is 2. The van der Waals surface area contributed by atoms with Crippen molar-refractivity contribution in [2.45, 2.75) is 53.5 Å². The first-order valence-electron chi connectivity index (χ1n) is 13.6. The summed E-state index contributed by atoms with van der Waals surface area (Å²) in [4.78, 5) is 18.9. The molecule has 2 N–H and O–H groups in total. The molecule has 0 bridgehead atoms. The fourth-order valence-corrected chi connectivity index (χ4v) is 5.13.